The number of fused-ring (bicyclic) bond motifs is 1. The number of rotatable bonds is 8. The zero-order valence-electron chi connectivity index (χ0n) is 17.6. The number of anilines is 1. The summed E-state index contributed by atoms with van der Waals surface area (Å²) in [5, 5.41) is 3.35. The Morgan fingerprint density at radius 1 is 1.21 bits per heavy atom. The smallest absolute Gasteiger partial charge is 0.340 e. The molecule has 0 amide bonds. The minimum Gasteiger partial charge on any atom is -0.486 e. The van der Waals surface area contributed by atoms with E-state index in [2.05, 4.69) is 9.97 Å². The molecule has 0 unspecified atom stereocenters. The first kappa shape index (κ1) is 22.8. The van der Waals surface area contributed by atoms with E-state index in [-0.39, 0.29) is 17.5 Å². The van der Waals surface area contributed by atoms with Crippen LogP contribution in [0.3, 0.4) is 0 Å². The number of thiazole rings is 1. The Labute approximate surface area is 192 Å². The van der Waals surface area contributed by atoms with Gasteiger partial charge in [-0.15, -0.1) is 11.3 Å². The predicted molar refractivity (Wildman–Crippen MR) is 122 cm³/mol. The molecule has 172 valence electrons. The summed E-state index contributed by atoms with van der Waals surface area (Å²) < 4.78 is 53.5. The van der Waals surface area contributed by atoms with E-state index in [1.54, 1.807) is 31.3 Å². The molecule has 4 rings (SSSR count). The van der Waals surface area contributed by atoms with E-state index in [4.69, 9.17) is 9.15 Å². The number of nitrogens with zero attached hydrogens (tertiary/aromatic N) is 2. The third-order valence-corrected chi connectivity index (χ3v) is 6.69. The maximum Gasteiger partial charge on any atom is 0.340 e. The highest BCUT2D eigenvalue weighted by atomic mass is 32.2. The van der Waals surface area contributed by atoms with Gasteiger partial charge in [-0.25, -0.2) is 23.9 Å². The Hall–Kier alpha value is -3.35. The van der Waals surface area contributed by atoms with Crippen molar-refractivity contribution in [2.75, 3.05) is 11.8 Å². The summed E-state index contributed by atoms with van der Waals surface area (Å²) in [6, 6.07) is 6.53. The second-order valence-corrected chi connectivity index (χ2v) is 9.58. The number of aromatic nitrogens is 2. The number of pyridine rings is 1. The molecule has 3 aromatic heterocycles. The highest BCUT2D eigenvalue weighted by molar-refractivity contribution is 7.90. The van der Waals surface area contributed by atoms with Crippen LogP contribution in [0, 0.1) is 12.7 Å². The first-order valence-electron chi connectivity index (χ1n) is 9.69. The summed E-state index contributed by atoms with van der Waals surface area (Å²) in [7, 11) is -2.77. The van der Waals surface area contributed by atoms with Gasteiger partial charge in [0.2, 0.25) is 0 Å². The number of hydrogen-bond donors (Lipinski definition) is 2. The zero-order chi connectivity index (χ0) is 23.6. The van der Waals surface area contributed by atoms with Gasteiger partial charge in [-0.3, -0.25) is 4.72 Å². The van der Waals surface area contributed by atoms with Gasteiger partial charge in [-0.1, -0.05) is 0 Å². The van der Waals surface area contributed by atoms with Gasteiger partial charge >= 0.3 is 5.63 Å². The first-order valence-corrected chi connectivity index (χ1v) is 12.1. The number of hydrogen-bond acceptors (Lipinski definition) is 8. The fraction of sp³-hybridized carbons (Fsp3) is 0.190. The van der Waals surface area contributed by atoms with Crippen molar-refractivity contribution in [3.8, 4) is 5.75 Å². The SMILES string of the molecule is CNS(=O)(=O)Nc1nccc(Cc2c(C)c3ccc(OCc4nccs4)cc3oc2=O)c1F. The monoisotopic (exact) mass is 490 g/mol. The molecular weight excluding hydrogens is 471 g/mol. The Bertz CT molecular complexity index is 1470. The van der Waals surface area contributed by atoms with Crippen LogP contribution in [0.2, 0.25) is 0 Å². The minimum atomic E-state index is -3.95. The maximum atomic E-state index is 14.9. The van der Waals surface area contributed by atoms with Crippen LogP contribution in [0.1, 0.15) is 21.7 Å². The number of benzene rings is 1. The Kier molecular flexibility index (Phi) is 6.40. The van der Waals surface area contributed by atoms with Crippen molar-refractivity contribution < 1.29 is 22.0 Å². The molecule has 1 aromatic carbocycles. The van der Waals surface area contributed by atoms with E-state index < -0.39 is 27.5 Å². The van der Waals surface area contributed by atoms with Crippen LogP contribution in [0.25, 0.3) is 11.0 Å². The van der Waals surface area contributed by atoms with E-state index in [1.165, 1.54) is 30.6 Å². The lowest BCUT2D eigenvalue weighted by Crippen LogP contribution is -2.27. The zero-order valence-corrected chi connectivity index (χ0v) is 19.2. The van der Waals surface area contributed by atoms with Crippen LogP contribution in [0.4, 0.5) is 10.2 Å². The lowest BCUT2D eigenvalue weighted by atomic mass is 10.00. The molecule has 33 heavy (non-hydrogen) atoms. The second kappa shape index (κ2) is 9.25. The van der Waals surface area contributed by atoms with Gasteiger partial charge in [-0.2, -0.15) is 8.42 Å². The summed E-state index contributed by atoms with van der Waals surface area (Å²) in [5.74, 6) is -0.817. The van der Waals surface area contributed by atoms with Crippen molar-refractivity contribution in [1.29, 1.82) is 0 Å². The van der Waals surface area contributed by atoms with E-state index in [9.17, 15) is 17.6 Å². The fourth-order valence-electron chi connectivity index (χ4n) is 3.20. The largest absolute Gasteiger partial charge is 0.486 e. The Balaban J connectivity index is 1.64. The van der Waals surface area contributed by atoms with Crippen molar-refractivity contribution in [2.45, 2.75) is 20.0 Å². The first-order chi connectivity index (χ1) is 15.8. The molecule has 3 heterocycles. The molecule has 0 saturated carbocycles. The van der Waals surface area contributed by atoms with Gasteiger partial charge in [0.05, 0.1) is 0 Å². The van der Waals surface area contributed by atoms with Crippen molar-refractivity contribution in [3.05, 3.63) is 80.0 Å². The van der Waals surface area contributed by atoms with Crippen LogP contribution in [0.15, 0.2) is 51.3 Å². The van der Waals surface area contributed by atoms with Gasteiger partial charge in [-0.05, 0) is 36.2 Å². The highest BCUT2D eigenvalue weighted by Gasteiger charge is 2.19. The van der Waals surface area contributed by atoms with Gasteiger partial charge in [0.25, 0.3) is 10.2 Å². The van der Waals surface area contributed by atoms with Gasteiger partial charge in [0.1, 0.15) is 22.9 Å². The number of nitrogens with one attached hydrogen (secondary N) is 2. The van der Waals surface area contributed by atoms with E-state index in [1.807, 2.05) is 14.8 Å². The van der Waals surface area contributed by atoms with E-state index in [0.29, 0.717) is 28.9 Å². The summed E-state index contributed by atoms with van der Waals surface area (Å²) in [6.45, 7) is 2.04. The number of halogens is 1. The van der Waals surface area contributed by atoms with Crippen LogP contribution in [0.5, 0.6) is 5.75 Å². The number of ether oxygens (including phenoxy) is 1. The molecule has 0 bridgehead atoms. The molecule has 4 aromatic rings. The number of aryl methyl sites for hydroxylation is 1. The highest BCUT2D eigenvalue weighted by Crippen LogP contribution is 2.27. The molecule has 0 aliphatic carbocycles. The molecule has 2 N–H and O–H groups in total. The molecule has 12 heteroatoms. The lowest BCUT2D eigenvalue weighted by Gasteiger charge is -2.12. The molecule has 0 aliphatic heterocycles. The van der Waals surface area contributed by atoms with Crippen LogP contribution in [-0.4, -0.2) is 25.4 Å². The van der Waals surface area contributed by atoms with Gasteiger partial charge in [0.15, 0.2) is 11.6 Å². The van der Waals surface area contributed by atoms with Gasteiger partial charge < -0.3 is 9.15 Å². The molecule has 0 atom stereocenters. The van der Waals surface area contributed by atoms with E-state index in [0.717, 1.165) is 5.01 Å². The average molecular weight is 491 g/mol. The standard InChI is InChI=1S/C21H19FN4O5S2/c1-12-15-4-3-14(30-11-18-24-7-8-32-18)10-17(15)31-21(27)16(12)9-13-5-6-25-20(19(13)22)26-33(28,29)23-2/h3-8,10,23H,9,11H2,1-2H3,(H,25,26). The Morgan fingerprint density at radius 2 is 2.03 bits per heavy atom. The van der Waals surface area contributed by atoms with Crippen LogP contribution < -0.4 is 19.8 Å². The molecule has 0 saturated heterocycles. The summed E-state index contributed by atoms with van der Waals surface area (Å²) >= 11 is 1.47. The fourth-order valence-corrected chi connectivity index (χ4v) is 4.22. The normalized spacial score (nSPS) is 11.6. The topological polar surface area (TPSA) is 123 Å². The average Bonchev–Trinajstić information content (AvgIpc) is 3.31. The Morgan fingerprint density at radius 3 is 2.76 bits per heavy atom. The predicted octanol–water partition coefficient (Wildman–Crippen LogP) is 3.14. The van der Waals surface area contributed by atoms with Crippen molar-refractivity contribution in [1.82, 2.24) is 14.7 Å². The third-order valence-electron chi connectivity index (χ3n) is 4.94. The molecule has 0 radical (unpaired) electrons. The summed E-state index contributed by atoms with van der Waals surface area (Å²) in [5.41, 5.74) is 0.700. The molecule has 0 aliphatic rings. The lowest BCUT2D eigenvalue weighted by molar-refractivity contribution is 0.305. The molecular formula is C21H19FN4O5S2. The second-order valence-electron chi connectivity index (χ2n) is 6.98. The van der Waals surface area contributed by atoms with Crippen LogP contribution in [-0.2, 0) is 23.2 Å². The van der Waals surface area contributed by atoms with Crippen molar-refractivity contribution in [3.63, 3.8) is 0 Å². The summed E-state index contributed by atoms with van der Waals surface area (Å²) in [4.78, 5) is 20.6. The summed E-state index contributed by atoms with van der Waals surface area (Å²) in [6.07, 6.45) is 2.85. The third kappa shape index (κ3) is 5.02. The molecule has 9 nitrogen and oxygen atoms in total. The van der Waals surface area contributed by atoms with E-state index >= 15 is 0 Å². The van der Waals surface area contributed by atoms with Crippen molar-refractivity contribution >= 4 is 38.3 Å². The molecule has 0 spiro atoms. The minimum absolute atomic E-state index is 0.0944. The molecule has 0 fully saturated rings. The van der Waals surface area contributed by atoms with Crippen LogP contribution >= 0.6 is 11.3 Å². The van der Waals surface area contributed by atoms with Gasteiger partial charge in [0, 0.05) is 48.3 Å². The maximum absolute atomic E-state index is 14.9. The van der Waals surface area contributed by atoms with Crippen molar-refractivity contribution in [2.24, 2.45) is 0 Å². The quantitative estimate of drug-likeness (QED) is 0.364.